The van der Waals surface area contributed by atoms with Gasteiger partial charge in [0, 0.05) is 29.9 Å². The van der Waals surface area contributed by atoms with Crippen LogP contribution in [0.25, 0.3) is 0 Å². The third kappa shape index (κ3) is 1.29. The number of rotatable bonds is 0. The molecule has 0 saturated heterocycles. The van der Waals surface area contributed by atoms with Crippen LogP contribution in [0.5, 0.6) is 0 Å². The Morgan fingerprint density at radius 1 is 1.43 bits per heavy atom. The summed E-state index contributed by atoms with van der Waals surface area (Å²) < 4.78 is 1.76. The highest BCUT2D eigenvalue weighted by Crippen LogP contribution is 2.21. The van der Waals surface area contributed by atoms with Gasteiger partial charge >= 0.3 is 0 Å². The molecule has 0 spiro atoms. The number of aromatic nitrogens is 1. The second-order valence-electron chi connectivity index (χ2n) is 4.54. The van der Waals surface area contributed by atoms with Crippen LogP contribution >= 0.6 is 0 Å². The quantitative estimate of drug-likeness (QED) is 0.615. The topological polar surface area (TPSA) is 34.4 Å². The van der Waals surface area contributed by atoms with Crippen LogP contribution in [0.2, 0.25) is 0 Å². The van der Waals surface area contributed by atoms with Crippen LogP contribution in [-0.2, 0) is 12.0 Å². The molecule has 74 valence electrons. The van der Waals surface area contributed by atoms with Gasteiger partial charge < -0.3 is 4.57 Å². The molecule has 1 aliphatic rings. The lowest BCUT2D eigenvalue weighted by Crippen LogP contribution is -2.34. The first-order valence-electron chi connectivity index (χ1n) is 4.78. The lowest BCUT2D eigenvalue weighted by Gasteiger charge is -2.22. The molecule has 1 aromatic rings. The highest BCUT2D eigenvalue weighted by atomic mass is 16.1. The minimum absolute atomic E-state index is 0.0903. The van der Waals surface area contributed by atoms with Gasteiger partial charge in [-0.25, -0.2) is 0 Å². The van der Waals surface area contributed by atoms with Crippen molar-refractivity contribution in [3.8, 4) is 0 Å². The van der Waals surface area contributed by atoms with E-state index in [2.05, 4.69) is 4.99 Å². The molecule has 0 aromatic carbocycles. The van der Waals surface area contributed by atoms with Crippen molar-refractivity contribution in [2.75, 3.05) is 0 Å². The first-order valence-corrected chi connectivity index (χ1v) is 4.78. The molecule has 2 rings (SSSR count). The smallest absolute Gasteiger partial charge is 0.256 e. The molecule has 0 radical (unpaired) electrons. The maximum absolute atomic E-state index is 12.0. The molecule has 0 aliphatic carbocycles. The average Bonchev–Trinajstić information content (AvgIpc) is 2.50. The van der Waals surface area contributed by atoms with Crippen molar-refractivity contribution >= 4 is 11.9 Å². The lowest BCUT2D eigenvalue weighted by atomic mass is 10.1. The van der Waals surface area contributed by atoms with Crippen molar-refractivity contribution in [1.29, 1.82) is 0 Å². The summed E-state index contributed by atoms with van der Waals surface area (Å²) in [6.07, 6.45) is 4.29. The third-order valence-electron chi connectivity index (χ3n) is 2.42. The Balaban J connectivity index is 2.65. The number of hydrogen-bond donors (Lipinski definition) is 0. The van der Waals surface area contributed by atoms with Crippen LogP contribution in [0.1, 0.15) is 26.3 Å². The normalized spacial score (nSPS) is 14.5. The van der Waals surface area contributed by atoms with Gasteiger partial charge in [-0.3, -0.25) is 9.79 Å². The molecule has 0 unspecified atom stereocenters. The van der Waals surface area contributed by atoms with Gasteiger partial charge in [0.05, 0.1) is 5.69 Å². The first-order chi connectivity index (χ1) is 6.50. The van der Waals surface area contributed by atoms with Crippen molar-refractivity contribution in [1.82, 2.24) is 4.57 Å². The van der Waals surface area contributed by atoms with E-state index in [0.717, 1.165) is 11.3 Å². The Bertz CT molecular complexity index is 449. The maximum atomic E-state index is 12.0. The second kappa shape index (κ2) is 2.80. The average molecular weight is 190 g/mol. The molecular formula is C11H14N2O. The van der Waals surface area contributed by atoms with Gasteiger partial charge in [-0.15, -0.1) is 0 Å². The highest BCUT2D eigenvalue weighted by Gasteiger charge is 2.19. The van der Waals surface area contributed by atoms with Crippen LogP contribution in [0.15, 0.2) is 22.1 Å². The Kier molecular flexibility index (Phi) is 1.84. The molecule has 14 heavy (non-hydrogen) atoms. The van der Waals surface area contributed by atoms with Crippen molar-refractivity contribution in [2.24, 2.45) is 4.99 Å². The van der Waals surface area contributed by atoms with E-state index in [0.29, 0.717) is 6.42 Å². The fourth-order valence-electron chi connectivity index (χ4n) is 1.64. The van der Waals surface area contributed by atoms with E-state index in [1.807, 2.05) is 33.0 Å². The zero-order valence-corrected chi connectivity index (χ0v) is 8.74. The summed E-state index contributed by atoms with van der Waals surface area (Å²) in [6, 6.07) is 1.91. The predicted molar refractivity (Wildman–Crippen MR) is 57.6 cm³/mol. The largest absolute Gasteiger partial charge is 0.310 e. The Morgan fingerprint density at radius 2 is 2.14 bits per heavy atom. The fraction of sp³-hybridized carbons (Fsp3) is 0.455. The minimum Gasteiger partial charge on any atom is -0.310 e. The fourth-order valence-corrected chi connectivity index (χ4v) is 1.64. The number of hydrogen-bond acceptors (Lipinski definition) is 2. The molecule has 1 aromatic heterocycles. The van der Waals surface area contributed by atoms with Gasteiger partial charge in [0.2, 0.25) is 0 Å². The molecule has 0 fully saturated rings. The number of fused-ring (bicyclic) bond motifs is 1. The van der Waals surface area contributed by atoms with E-state index < -0.39 is 0 Å². The second-order valence-corrected chi connectivity index (χ2v) is 4.54. The van der Waals surface area contributed by atoms with Gasteiger partial charge in [0.25, 0.3) is 5.56 Å². The molecule has 0 N–H and O–H groups in total. The lowest BCUT2D eigenvalue weighted by molar-refractivity contribution is 0.383. The maximum Gasteiger partial charge on any atom is 0.256 e. The monoisotopic (exact) mass is 190 g/mol. The molecular weight excluding hydrogens is 176 g/mol. The van der Waals surface area contributed by atoms with Gasteiger partial charge in [-0.1, -0.05) is 0 Å². The Hall–Kier alpha value is -1.38. The van der Waals surface area contributed by atoms with Crippen LogP contribution in [0, 0.1) is 0 Å². The minimum atomic E-state index is -0.158. The van der Waals surface area contributed by atoms with Crippen molar-refractivity contribution in [3.63, 3.8) is 0 Å². The molecule has 1 aliphatic heterocycles. The van der Waals surface area contributed by atoms with Gasteiger partial charge in [-0.05, 0) is 26.8 Å². The summed E-state index contributed by atoms with van der Waals surface area (Å²) in [5.74, 6) is 0. The molecule has 0 amide bonds. The van der Waals surface area contributed by atoms with Crippen LogP contribution in [0.3, 0.4) is 0 Å². The van der Waals surface area contributed by atoms with E-state index in [4.69, 9.17) is 0 Å². The zero-order chi connectivity index (χ0) is 10.3. The predicted octanol–water partition coefficient (Wildman–Crippen LogP) is 1.86. The standard InChI is InChI=1S/C11H14N2O/c1-11(2,3)13-7-5-9-8(10(13)14)4-6-12-9/h5-7H,4H2,1-3H3. The van der Waals surface area contributed by atoms with Crippen molar-refractivity contribution in [2.45, 2.75) is 32.7 Å². The Morgan fingerprint density at radius 3 is 2.79 bits per heavy atom. The summed E-state index contributed by atoms with van der Waals surface area (Å²) >= 11 is 0. The molecule has 3 heteroatoms. The van der Waals surface area contributed by atoms with Gasteiger partial charge in [-0.2, -0.15) is 0 Å². The number of nitrogens with zero attached hydrogens (tertiary/aromatic N) is 2. The number of aliphatic imine (C=N–C) groups is 1. The van der Waals surface area contributed by atoms with E-state index in [1.54, 1.807) is 10.8 Å². The van der Waals surface area contributed by atoms with E-state index in [1.165, 1.54) is 0 Å². The van der Waals surface area contributed by atoms with Gasteiger partial charge in [0.1, 0.15) is 0 Å². The third-order valence-corrected chi connectivity index (χ3v) is 2.42. The van der Waals surface area contributed by atoms with E-state index in [-0.39, 0.29) is 11.1 Å². The summed E-state index contributed by atoms with van der Waals surface area (Å²) in [6.45, 7) is 6.07. The van der Waals surface area contributed by atoms with Crippen LogP contribution < -0.4 is 5.56 Å². The first kappa shape index (κ1) is 9.19. The highest BCUT2D eigenvalue weighted by molar-refractivity contribution is 5.75. The summed E-state index contributed by atoms with van der Waals surface area (Å²) in [5.41, 5.74) is 1.58. The summed E-state index contributed by atoms with van der Waals surface area (Å²) in [7, 11) is 0. The summed E-state index contributed by atoms with van der Waals surface area (Å²) in [5, 5.41) is 0. The molecule has 0 saturated carbocycles. The van der Waals surface area contributed by atoms with Crippen molar-refractivity contribution in [3.05, 3.63) is 28.2 Å². The van der Waals surface area contributed by atoms with Crippen molar-refractivity contribution < 1.29 is 0 Å². The van der Waals surface area contributed by atoms with E-state index >= 15 is 0 Å². The van der Waals surface area contributed by atoms with E-state index in [9.17, 15) is 4.79 Å². The molecule has 0 atom stereocenters. The number of pyridine rings is 1. The molecule has 2 heterocycles. The van der Waals surface area contributed by atoms with Gasteiger partial charge in [0.15, 0.2) is 0 Å². The van der Waals surface area contributed by atoms with Crippen LogP contribution in [-0.4, -0.2) is 10.8 Å². The summed E-state index contributed by atoms with van der Waals surface area (Å²) in [4.78, 5) is 16.1. The SMILES string of the molecule is CC(C)(C)n1ccc2c(c1=O)CC=N2. The molecule has 0 bridgehead atoms. The zero-order valence-electron chi connectivity index (χ0n) is 8.74. The Labute approximate surface area is 83.1 Å². The van der Waals surface area contributed by atoms with Crippen LogP contribution in [0.4, 0.5) is 5.69 Å². The molecule has 3 nitrogen and oxygen atoms in total.